The van der Waals surface area contributed by atoms with E-state index in [1.807, 2.05) is 0 Å². The molecule has 18 heavy (non-hydrogen) atoms. The van der Waals surface area contributed by atoms with Gasteiger partial charge >= 0.3 is 0 Å². The molecule has 1 heterocycles. The predicted molar refractivity (Wildman–Crippen MR) is 70.2 cm³/mol. The van der Waals surface area contributed by atoms with Gasteiger partial charge in [0.2, 0.25) is 5.88 Å². The van der Waals surface area contributed by atoms with Crippen molar-refractivity contribution >= 4 is 27.7 Å². The van der Waals surface area contributed by atoms with Gasteiger partial charge in [0.05, 0.1) is 5.75 Å². The number of halogens is 2. The maximum Gasteiger partial charge on any atom is 0.269 e. The molecule has 0 spiro atoms. The Hall–Kier alpha value is -1.34. The number of nitrogens with one attached hydrogen (secondary N) is 1. The Bertz CT molecular complexity index is 615. The highest BCUT2D eigenvalue weighted by Gasteiger charge is 2.07. The summed E-state index contributed by atoms with van der Waals surface area (Å²) < 4.78 is 12.7. The van der Waals surface area contributed by atoms with Crippen LogP contribution >= 0.6 is 27.7 Å². The van der Waals surface area contributed by atoms with Gasteiger partial charge in [0.25, 0.3) is 5.56 Å². The maximum atomic E-state index is 12.7. The topological polar surface area (TPSA) is 66.0 Å². The Balaban J connectivity index is 2.11. The molecule has 0 atom stereocenters. The Morgan fingerprint density at radius 2 is 2.06 bits per heavy atom. The van der Waals surface area contributed by atoms with Crippen LogP contribution in [0.3, 0.4) is 0 Å². The number of aromatic hydroxyl groups is 1. The first-order chi connectivity index (χ1) is 8.56. The zero-order valence-electron chi connectivity index (χ0n) is 8.98. The average molecular weight is 331 g/mol. The molecule has 0 aliphatic heterocycles. The maximum absolute atomic E-state index is 12.7. The minimum atomic E-state index is -0.433. The molecule has 1 aromatic heterocycles. The quantitative estimate of drug-likeness (QED) is 0.849. The molecule has 2 N–H and O–H groups in total. The molecule has 0 fully saturated rings. The van der Waals surface area contributed by atoms with Crippen LogP contribution in [0.2, 0.25) is 0 Å². The second-order valence-electron chi connectivity index (χ2n) is 3.39. The molecule has 0 saturated carbocycles. The molecule has 7 heteroatoms. The highest BCUT2D eigenvalue weighted by Crippen LogP contribution is 2.22. The van der Waals surface area contributed by atoms with Crippen molar-refractivity contribution in [3.05, 3.63) is 50.7 Å². The number of benzene rings is 1. The number of rotatable bonds is 3. The number of aromatic nitrogens is 2. The van der Waals surface area contributed by atoms with E-state index in [2.05, 4.69) is 25.9 Å². The van der Waals surface area contributed by atoms with Gasteiger partial charge in [0.1, 0.15) is 16.1 Å². The Morgan fingerprint density at radius 1 is 1.39 bits per heavy atom. The summed E-state index contributed by atoms with van der Waals surface area (Å²) in [5.74, 6) is 0.0949. The van der Waals surface area contributed by atoms with Gasteiger partial charge in [-0.2, -0.15) is 4.98 Å². The third kappa shape index (κ3) is 3.11. The van der Waals surface area contributed by atoms with Gasteiger partial charge in [-0.05, 0) is 40.2 Å². The van der Waals surface area contributed by atoms with Crippen LogP contribution in [0.4, 0.5) is 4.39 Å². The van der Waals surface area contributed by atoms with Crippen molar-refractivity contribution in [3.8, 4) is 5.88 Å². The van der Waals surface area contributed by atoms with E-state index in [1.54, 1.807) is 12.1 Å². The van der Waals surface area contributed by atoms with Gasteiger partial charge in [-0.1, -0.05) is 0 Å². The fraction of sp³-hybridized carbons (Fsp3) is 0.0909. The molecule has 1 aromatic carbocycles. The molecular formula is C11H8BrFN2O2S. The Kier molecular flexibility index (Phi) is 4.03. The summed E-state index contributed by atoms with van der Waals surface area (Å²) in [4.78, 5) is 18.6. The molecule has 94 valence electrons. The van der Waals surface area contributed by atoms with Crippen LogP contribution in [0.1, 0.15) is 5.82 Å². The normalized spacial score (nSPS) is 10.6. The van der Waals surface area contributed by atoms with Crippen molar-refractivity contribution in [2.75, 3.05) is 0 Å². The van der Waals surface area contributed by atoms with E-state index in [1.165, 1.54) is 23.9 Å². The van der Waals surface area contributed by atoms with E-state index in [-0.39, 0.29) is 16.2 Å². The van der Waals surface area contributed by atoms with Crippen molar-refractivity contribution < 1.29 is 9.50 Å². The number of aromatic amines is 1. The van der Waals surface area contributed by atoms with Crippen LogP contribution in [-0.4, -0.2) is 15.1 Å². The number of nitrogens with zero attached hydrogens (tertiary/aromatic N) is 1. The molecule has 0 aliphatic rings. The first kappa shape index (κ1) is 13.1. The molecule has 0 saturated heterocycles. The number of hydrogen-bond acceptors (Lipinski definition) is 4. The molecule has 0 amide bonds. The lowest BCUT2D eigenvalue weighted by Gasteiger charge is -2.02. The Labute approximate surface area is 114 Å². The van der Waals surface area contributed by atoms with E-state index < -0.39 is 5.56 Å². The minimum Gasteiger partial charge on any atom is -0.492 e. The van der Waals surface area contributed by atoms with E-state index >= 15 is 0 Å². The van der Waals surface area contributed by atoms with Crippen molar-refractivity contribution in [1.29, 1.82) is 0 Å². The van der Waals surface area contributed by atoms with Crippen molar-refractivity contribution in [3.63, 3.8) is 0 Å². The lowest BCUT2D eigenvalue weighted by Crippen LogP contribution is -2.11. The van der Waals surface area contributed by atoms with Crippen LogP contribution in [0, 0.1) is 5.82 Å². The summed E-state index contributed by atoms with van der Waals surface area (Å²) in [5.41, 5.74) is -0.433. The van der Waals surface area contributed by atoms with Crippen LogP contribution in [0.15, 0.2) is 38.4 Å². The molecule has 0 bridgehead atoms. The van der Waals surface area contributed by atoms with E-state index in [0.717, 1.165) is 4.90 Å². The fourth-order valence-corrected chi connectivity index (χ4v) is 2.20. The molecule has 0 aliphatic carbocycles. The summed E-state index contributed by atoms with van der Waals surface area (Å²) in [7, 11) is 0. The summed E-state index contributed by atoms with van der Waals surface area (Å²) in [6.07, 6.45) is 0. The van der Waals surface area contributed by atoms with E-state index in [0.29, 0.717) is 11.6 Å². The monoisotopic (exact) mass is 330 g/mol. The third-order valence-electron chi connectivity index (χ3n) is 2.08. The Morgan fingerprint density at radius 3 is 2.67 bits per heavy atom. The highest BCUT2D eigenvalue weighted by atomic mass is 79.9. The first-order valence-corrected chi connectivity index (χ1v) is 6.70. The minimum absolute atomic E-state index is 0.0121. The lowest BCUT2D eigenvalue weighted by atomic mass is 10.4. The zero-order chi connectivity index (χ0) is 13.1. The van der Waals surface area contributed by atoms with Crippen LogP contribution in [-0.2, 0) is 5.75 Å². The predicted octanol–water partition coefficient (Wildman–Crippen LogP) is 2.67. The lowest BCUT2D eigenvalue weighted by molar-refractivity contribution is 0.444. The van der Waals surface area contributed by atoms with Crippen molar-refractivity contribution in [2.24, 2.45) is 0 Å². The molecule has 4 nitrogen and oxygen atoms in total. The van der Waals surface area contributed by atoms with Crippen LogP contribution in [0.5, 0.6) is 5.88 Å². The molecule has 0 radical (unpaired) electrons. The van der Waals surface area contributed by atoms with Gasteiger partial charge in [0.15, 0.2) is 0 Å². The zero-order valence-corrected chi connectivity index (χ0v) is 11.4. The molecule has 0 unspecified atom stereocenters. The van der Waals surface area contributed by atoms with Gasteiger partial charge in [-0.15, -0.1) is 11.8 Å². The standard InChI is InChI=1S/C11H8BrFN2O2S/c12-9-10(16)14-8(15-11(9)17)5-18-7-3-1-6(13)2-4-7/h1-4H,5H2,(H2,14,15,16,17). The SMILES string of the molecule is O=c1[nH]c(CSc2ccc(F)cc2)nc(O)c1Br. The summed E-state index contributed by atoms with van der Waals surface area (Å²) >= 11 is 4.29. The summed E-state index contributed by atoms with van der Waals surface area (Å²) in [6.45, 7) is 0. The summed E-state index contributed by atoms with van der Waals surface area (Å²) in [5, 5.41) is 9.38. The molecular weight excluding hydrogens is 323 g/mol. The largest absolute Gasteiger partial charge is 0.492 e. The van der Waals surface area contributed by atoms with Crippen molar-refractivity contribution in [2.45, 2.75) is 10.6 Å². The van der Waals surface area contributed by atoms with Gasteiger partial charge < -0.3 is 10.1 Å². The van der Waals surface area contributed by atoms with E-state index in [9.17, 15) is 14.3 Å². The van der Waals surface area contributed by atoms with Gasteiger partial charge in [-0.3, -0.25) is 4.79 Å². The number of H-pyrrole nitrogens is 1. The summed E-state index contributed by atoms with van der Waals surface area (Å²) in [6, 6.07) is 5.99. The fourth-order valence-electron chi connectivity index (χ4n) is 1.24. The van der Waals surface area contributed by atoms with E-state index in [4.69, 9.17) is 0 Å². The molecule has 2 rings (SSSR count). The average Bonchev–Trinajstić information content (AvgIpc) is 2.35. The molecule has 2 aromatic rings. The smallest absolute Gasteiger partial charge is 0.269 e. The second-order valence-corrected chi connectivity index (χ2v) is 5.23. The van der Waals surface area contributed by atoms with Gasteiger partial charge in [0, 0.05) is 4.90 Å². The third-order valence-corrected chi connectivity index (χ3v) is 3.82. The highest BCUT2D eigenvalue weighted by molar-refractivity contribution is 9.10. The number of thioether (sulfide) groups is 1. The first-order valence-electron chi connectivity index (χ1n) is 4.92. The van der Waals surface area contributed by atoms with Gasteiger partial charge in [-0.25, -0.2) is 4.39 Å². The number of hydrogen-bond donors (Lipinski definition) is 2. The van der Waals surface area contributed by atoms with Crippen molar-refractivity contribution in [1.82, 2.24) is 9.97 Å². The van der Waals surface area contributed by atoms with Crippen LogP contribution in [0.25, 0.3) is 0 Å². The van der Waals surface area contributed by atoms with Crippen LogP contribution < -0.4 is 5.56 Å². The second kappa shape index (κ2) is 5.53.